The molecule has 0 spiro atoms. The van der Waals surface area contributed by atoms with Crippen molar-refractivity contribution in [3.63, 3.8) is 0 Å². The van der Waals surface area contributed by atoms with Crippen molar-refractivity contribution in [3.8, 4) is 0 Å². The molecule has 4 aliphatic heterocycles. The lowest BCUT2D eigenvalue weighted by atomic mass is 9.91. The number of hydrogen-bond acceptors (Lipinski definition) is 12. The van der Waals surface area contributed by atoms with Gasteiger partial charge in [-0.2, -0.15) is 0 Å². The van der Waals surface area contributed by atoms with Crippen molar-refractivity contribution in [2.45, 2.75) is 38.1 Å². The highest BCUT2D eigenvalue weighted by molar-refractivity contribution is 7.13. The number of aromatic nitrogens is 3. The van der Waals surface area contributed by atoms with E-state index in [-0.39, 0.29) is 34.2 Å². The number of imide groups is 1. The number of piperidine rings is 2. The highest BCUT2D eigenvalue weighted by atomic mass is 35.5. The van der Waals surface area contributed by atoms with Crippen LogP contribution in [-0.2, 0) is 16.1 Å². The van der Waals surface area contributed by atoms with Crippen LogP contribution < -0.4 is 20.4 Å². The number of piperazine rings is 2. The van der Waals surface area contributed by atoms with E-state index < -0.39 is 5.82 Å². The van der Waals surface area contributed by atoms with Gasteiger partial charge in [0.2, 0.25) is 11.8 Å². The molecule has 4 aromatic rings. The number of benzene rings is 1. The zero-order valence-electron chi connectivity index (χ0n) is 31.2. The summed E-state index contributed by atoms with van der Waals surface area (Å²) in [5, 5.41) is 8.53. The Kier molecular flexibility index (Phi) is 11.7. The van der Waals surface area contributed by atoms with Gasteiger partial charge in [-0.05, 0) is 55.0 Å². The quantitative estimate of drug-likeness (QED) is 0.211. The number of carbonyl (C=O) groups is 3. The smallest absolute Gasteiger partial charge is 0.256 e. The number of anilines is 4. The largest absolute Gasteiger partial charge is 0.370 e. The van der Waals surface area contributed by atoms with Gasteiger partial charge in [-0.25, -0.2) is 14.4 Å². The second-order valence-corrected chi connectivity index (χ2v) is 16.3. The number of nitrogens with zero attached hydrogens (tertiary/aromatic N) is 8. The minimum Gasteiger partial charge on any atom is -0.370 e. The molecule has 1 atom stereocenters. The van der Waals surface area contributed by atoms with Crippen LogP contribution >= 0.6 is 22.9 Å². The van der Waals surface area contributed by atoms with Gasteiger partial charge in [0.25, 0.3) is 5.91 Å². The first-order valence-corrected chi connectivity index (χ1v) is 20.7. The topological polar surface area (TPSA) is 130 Å². The molecule has 1 aromatic carbocycles. The Morgan fingerprint density at radius 3 is 2.43 bits per heavy atom. The highest BCUT2D eigenvalue weighted by Gasteiger charge is 2.30. The van der Waals surface area contributed by atoms with Crippen molar-refractivity contribution in [1.82, 2.24) is 35.0 Å². The van der Waals surface area contributed by atoms with Crippen LogP contribution in [0.4, 0.5) is 26.7 Å². The molecular weight excluding hydrogens is 755 g/mol. The number of rotatable bonds is 10. The van der Waals surface area contributed by atoms with Crippen LogP contribution in [0, 0.1) is 11.7 Å². The third kappa shape index (κ3) is 8.96. The summed E-state index contributed by atoms with van der Waals surface area (Å²) in [5.41, 5.74) is 3.99. The van der Waals surface area contributed by atoms with Crippen molar-refractivity contribution in [2.24, 2.45) is 5.92 Å². The minimum atomic E-state index is -0.671. The predicted molar refractivity (Wildman–Crippen MR) is 215 cm³/mol. The van der Waals surface area contributed by atoms with Crippen molar-refractivity contribution in [2.75, 3.05) is 87.1 Å². The Balaban J connectivity index is 0.845. The van der Waals surface area contributed by atoms with E-state index in [0.717, 1.165) is 92.2 Å². The number of carbonyl (C=O) groups excluding carboxylic acids is 3. The molecule has 56 heavy (non-hydrogen) atoms. The lowest BCUT2D eigenvalue weighted by molar-refractivity contribution is -0.134. The number of nitrogens with one attached hydrogen (secondary N) is 2. The van der Waals surface area contributed by atoms with Crippen molar-refractivity contribution < 1.29 is 18.8 Å². The monoisotopic (exact) mass is 800 g/mol. The van der Waals surface area contributed by atoms with Crippen LogP contribution in [0.5, 0.6) is 0 Å². The summed E-state index contributed by atoms with van der Waals surface area (Å²) >= 11 is 7.47. The second kappa shape index (κ2) is 17.2. The summed E-state index contributed by atoms with van der Waals surface area (Å²) in [5.74, 6) is -0.398. The maximum Gasteiger partial charge on any atom is 0.256 e. The van der Waals surface area contributed by atoms with E-state index in [2.05, 4.69) is 58.4 Å². The molecule has 8 rings (SSSR count). The van der Waals surface area contributed by atoms with Crippen LogP contribution in [0.1, 0.15) is 53.2 Å². The summed E-state index contributed by atoms with van der Waals surface area (Å²) < 4.78 is 14.6. The summed E-state index contributed by atoms with van der Waals surface area (Å²) in [6, 6.07) is 10.9. The molecule has 0 saturated carbocycles. The molecule has 0 aliphatic carbocycles. The average molecular weight is 801 g/mol. The highest BCUT2D eigenvalue weighted by Crippen LogP contribution is 2.31. The van der Waals surface area contributed by atoms with Gasteiger partial charge in [0.15, 0.2) is 10.9 Å². The van der Waals surface area contributed by atoms with Gasteiger partial charge in [-0.3, -0.25) is 34.5 Å². The number of pyridine rings is 2. The van der Waals surface area contributed by atoms with Crippen LogP contribution in [0.3, 0.4) is 0 Å². The third-order valence-electron chi connectivity index (χ3n) is 11.4. The van der Waals surface area contributed by atoms with Crippen molar-refractivity contribution in [1.29, 1.82) is 0 Å². The fourth-order valence-electron chi connectivity index (χ4n) is 8.22. The first-order chi connectivity index (χ1) is 27.3. The summed E-state index contributed by atoms with van der Waals surface area (Å²) in [6.07, 6.45) is 8.49. The fourth-order valence-corrected chi connectivity index (χ4v) is 8.93. The van der Waals surface area contributed by atoms with Gasteiger partial charge in [0.05, 0.1) is 34.1 Å². The molecule has 4 aliphatic rings. The summed E-state index contributed by atoms with van der Waals surface area (Å²) in [6.45, 7) is 9.68. The molecule has 3 amide bonds. The number of hydrogen-bond donors (Lipinski definition) is 2. The molecule has 0 bridgehead atoms. The van der Waals surface area contributed by atoms with E-state index in [1.54, 1.807) is 23.4 Å². The summed E-state index contributed by atoms with van der Waals surface area (Å²) in [4.78, 5) is 62.4. The van der Waals surface area contributed by atoms with Gasteiger partial charge >= 0.3 is 0 Å². The van der Waals surface area contributed by atoms with E-state index in [9.17, 15) is 18.8 Å². The molecular formula is C40H46ClFN10O3S. The molecule has 7 heterocycles. The van der Waals surface area contributed by atoms with Gasteiger partial charge in [-0.1, -0.05) is 17.7 Å². The van der Waals surface area contributed by atoms with Crippen LogP contribution in [0.25, 0.3) is 0 Å². The lowest BCUT2D eigenvalue weighted by Crippen LogP contribution is -2.49. The molecule has 2 N–H and O–H groups in total. The van der Waals surface area contributed by atoms with E-state index in [0.29, 0.717) is 51.5 Å². The third-order valence-corrected chi connectivity index (χ3v) is 12.4. The average Bonchev–Trinajstić information content (AvgIpc) is 3.73. The Morgan fingerprint density at radius 1 is 0.911 bits per heavy atom. The molecule has 0 unspecified atom stereocenters. The standard InChI is InChI=1S/C40H46ClFN10O3S/c41-34-3-1-2-33(37(34)42)39(55)52-17-13-49(14-18-52)26-29-21-30(22-35(45-29)46-40-44-8-19-56-40)51-15-11-48(12-16-51)25-27-6-9-50(10-7-27)31-20-28(23-43-24-31)32-4-5-36(53)47-38(32)54/h1-3,8,19-24,27,32H,4-7,9-18,25-26H2,(H,44,45,46)(H,47,53,54)/t32-/m0/s1. The van der Waals surface area contributed by atoms with Gasteiger partial charge in [0, 0.05) is 114 Å². The molecule has 4 fully saturated rings. The lowest BCUT2D eigenvalue weighted by Gasteiger charge is -2.40. The maximum atomic E-state index is 14.6. The number of halogens is 2. The van der Waals surface area contributed by atoms with Crippen LogP contribution in [-0.4, -0.2) is 119 Å². The first kappa shape index (κ1) is 38.2. The van der Waals surface area contributed by atoms with E-state index in [1.165, 1.54) is 23.5 Å². The zero-order valence-corrected chi connectivity index (χ0v) is 32.8. The normalized spacial score (nSPS) is 20.3. The van der Waals surface area contributed by atoms with Crippen LogP contribution in [0.2, 0.25) is 5.02 Å². The first-order valence-electron chi connectivity index (χ1n) is 19.4. The van der Waals surface area contributed by atoms with Gasteiger partial charge < -0.3 is 20.0 Å². The Bertz CT molecular complexity index is 2030. The molecule has 3 aromatic heterocycles. The Morgan fingerprint density at radius 2 is 1.68 bits per heavy atom. The molecule has 0 radical (unpaired) electrons. The predicted octanol–water partition coefficient (Wildman–Crippen LogP) is 4.99. The maximum absolute atomic E-state index is 14.6. The van der Waals surface area contributed by atoms with Gasteiger partial charge in [0.1, 0.15) is 5.82 Å². The molecule has 13 nitrogen and oxygen atoms in total. The fraction of sp³-hybridized carbons (Fsp3) is 0.450. The number of amides is 3. The van der Waals surface area contributed by atoms with Crippen molar-refractivity contribution in [3.05, 3.63) is 88.0 Å². The Hall–Kier alpha value is -4.70. The Labute approximate surface area is 334 Å². The number of thiazole rings is 1. The molecule has 294 valence electrons. The van der Waals surface area contributed by atoms with E-state index in [4.69, 9.17) is 16.6 Å². The summed E-state index contributed by atoms with van der Waals surface area (Å²) in [7, 11) is 0. The zero-order chi connectivity index (χ0) is 38.6. The van der Waals surface area contributed by atoms with Gasteiger partial charge in [-0.15, -0.1) is 11.3 Å². The van der Waals surface area contributed by atoms with Crippen molar-refractivity contribution >= 4 is 63.0 Å². The van der Waals surface area contributed by atoms with E-state index in [1.807, 2.05) is 11.6 Å². The minimum absolute atomic E-state index is 0.00741. The second-order valence-electron chi connectivity index (χ2n) is 15.0. The van der Waals surface area contributed by atoms with E-state index >= 15 is 0 Å². The molecule has 4 saturated heterocycles. The molecule has 16 heteroatoms. The SMILES string of the molecule is O=C1CC[C@@H](c2cncc(N3CCC(CN4CCN(c5cc(CN6CCN(C(=O)c7cccc(Cl)c7F)CC6)nc(Nc6nccs6)c5)CC4)CC3)c2)C(=O)N1. The van der Waals surface area contributed by atoms with Crippen LogP contribution in [0.15, 0.2) is 60.4 Å².